The highest BCUT2D eigenvalue weighted by molar-refractivity contribution is 6.59. The molecule has 3 heterocycles. The fraction of sp³-hybridized carbons (Fsp3) is 1.00. The van der Waals surface area contributed by atoms with E-state index in [2.05, 4.69) is 0 Å². The molecule has 0 amide bonds. The maximum atomic E-state index is 1.71. The summed E-state index contributed by atoms with van der Waals surface area (Å²) >= 11 is 0. The van der Waals surface area contributed by atoms with Gasteiger partial charge in [0.1, 0.15) is 0 Å². The molecule has 4 aliphatic rings. The van der Waals surface area contributed by atoms with Crippen molar-refractivity contribution in [2.24, 2.45) is 17.8 Å². The molecule has 3 aliphatic heterocycles. The second kappa shape index (κ2) is 1.88. The quantitative estimate of drug-likeness (QED) is 0.467. The summed E-state index contributed by atoms with van der Waals surface area (Å²) < 4.78 is 0. The summed E-state index contributed by atoms with van der Waals surface area (Å²) in [4.78, 5) is 0. The van der Waals surface area contributed by atoms with E-state index in [9.17, 15) is 0 Å². The maximum Gasteiger partial charge on any atom is 0.315 e. The van der Waals surface area contributed by atoms with E-state index in [1.165, 1.54) is 17.8 Å². The van der Waals surface area contributed by atoms with Crippen molar-refractivity contribution < 1.29 is 0 Å². The van der Waals surface area contributed by atoms with Gasteiger partial charge in [-0.15, -0.1) is 0 Å². The van der Waals surface area contributed by atoms with E-state index >= 15 is 0 Å². The monoisotopic (exact) mass is 151 g/mol. The van der Waals surface area contributed by atoms with Gasteiger partial charge in [0.25, 0.3) is 0 Å². The smallest absolute Gasteiger partial charge is 0.0424 e. The highest BCUT2D eigenvalue weighted by atomic mass is 28.3. The minimum absolute atomic E-state index is 0.252. The van der Waals surface area contributed by atoms with Crippen LogP contribution in [0.4, 0.5) is 0 Å². The fourth-order valence-electron chi connectivity index (χ4n) is 3.68. The van der Waals surface area contributed by atoms with E-state index in [1.807, 2.05) is 0 Å². The van der Waals surface area contributed by atoms with Crippen LogP contribution in [0.25, 0.3) is 0 Å². The van der Waals surface area contributed by atoms with Gasteiger partial charge in [0.15, 0.2) is 0 Å². The Hall–Kier alpha value is 0.217. The zero-order valence-electron chi connectivity index (χ0n) is 6.47. The number of hydrogen-bond donors (Lipinski definition) is 0. The average molecular weight is 151 g/mol. The molecule has 3 saturated heterocycles. The third-order valence-electron chi connectivity index (χ3n) is 3.73. The first kappa shape index (κ1) is 5.82. The van der Waals surface area contributed by atoms with Crippen LogP contribution in [0.1, 0.15) is 19.3 Å². The zero-order valence-corrected chi connectivity index (χ0v) is 7.47. The Morgan fingerprint density at radius 2 is 1.10 bits per heavy atom. The van der Waals surface area contributed by atoms with Gasteiger partial charge in [-0.3, -0.25) is 0 Å². The number of rotatable bonds is 0. The van der Waals surface area contributed by atoms with Gasteiger partial charge in [0.2, 0.25) is 0 Å². The van der Waals surface area contributed by atoms with Crippen LogP contribution in [0, 0.1) is 17.8 Å². The lowest BCUT2D eigenvalue weighted by Crippen LogP contribution is -2.42. The highest BCUT2D eigenvalue weighted by Crippen LogP contribution is 2.51. The average Bonchev–Trinajstić information content (AvgIpc) is 1.82. The maximum absolute atomic E-state index is 1.71. The molecule has 0 aromatic carbocycles. The van der Waals surface area contributed by atoms with Crippen LogP contribution in [0.3, 0.4) is 0 Å². The largest absolute Gasteiger partial charge is 0.315 e. The van der Waals surface area contributed by atoms with Crippen LogP contribution >= 0.6 is 0 Å². The molecule has 1 aliphatic carbocycles. The molecule has 0 radical (unpaired) electrons. The Kier molecular flexibility index (Phi) is 1.09. The Bertz CT molecular complexity index is 96.3. The van der Waals surface area contributed by atoms with Crippen molar-refractivity contribution in [3.63, 3.8) is 0 Å². The molecule has 0 nitrogen and oxygen atoms in total. The van der Waals surface area contributed by atoms with Crippen molar-refractivity contribution in [3.8, 4) is 0 Å². The molecule has 0 aromatic heterocycles. The van der Waals surface area contributed by atoms with Gasteiger partial charge in [0.05, 0.1) is 18.1 Å². The zero-order chi connectivity index (χ0) is 6.55. The Labute approximate surface area is 64.6 Å². The first-order chi connectivity index (χ1) is 4.90. The summed E-state index contributed by atoms with van der Waals surface area (Å²) in [5.41, 5.74) is 0. The predicted octanol–water partition coefficient (Wildman–Crippen LogP) is 2.54. The third kappa shape index (κ3) is 0.730. The second-order valence-corrected chi connectivity index (χ2v) is 7.39. The molecular weight excluding hydrogens is 136 g/mol. The fourth-order valence-corrected chi connectivity index (χ4v) is 7.63. The Morgan fingerprint density at radius 1 is 0.700 bits per heavy atom. The van der Waals surface area contributed by atoms with E-state index in [0.717, 1.165) is 0 Å². The van der Waals surface area contributed by atoms with Crippen LogP contribution < -0.4 is 0 Å². The molecule has 0 spiro atoms. The summed E-state index contributed by atoms with van der Waals surface area (Å²) in [6, 6.07) is 5.12. The van der Waals surface area contributed by atoms with Gasteiger partial charge in [-0.05, 0) is 37.0 Å². The minimum atomic E-state index is 0.252. The Morgan fingerprint density at radius 3 is 1.40 bits per heavy atom. The molecule has 0 N–H and O–H groups in total. The first-order valence-electron chi connectivity index (χ1n) is 4.73. The van der Waals surface area contributed by atoms with E-state index in [1.54, 1.807) is 37.4 Å². The molecule has 0 atom stereocenters. The number of hydrogen-bond acceptors (Lipinski definition) is 0. The van der Waals surface area contributed by atoms with Gasteiger partial charge in [-0.25, -0.2) is 0 Å². The van der Waals surface area contributed by atoms with E-state index in [-0.39, 0.29) is 8.80 Å². The lowest BCUT2D eigenvalue weighted by atomic mass is 9.76. The van der Waals surface area contributed by atoms with Gasteiger partial charge >= 0.3 is 8.80 Å². The predicted molar refractivity (Wildman–Crippen MR) is 44.5 cm³/mol. The standard InChI is InChI=1S/C9H15Si/c1-7-2-9-3-8(1)5-10(4-7)6-9/h7-9H,1-6H2/q+1. The van der Waals surface area contributed by atoms with Crippen LogP contribution in [0.5, 0.6) is 0 Å². The van der Waals surface area contributed by atoms with Crippen LogP contribution in [-0.2, 0) is 0 Å². The summed E-state index contributed by atoms with van der Waals surface area (Å²) in [5.74, 6) is 3.67. The molecule has 1 saturated carbocycles. The van der Waals surface area contributed by atoms with Crippen molar-refractivity contribution in [2.75, 3.05) is 0 Å². The van der Waals surface area contributed by atoms with Gasteiger partial charge < -0.3 is 0 Å². The normalized spacial score (nSPS) is 50.4. The molecule has 0 unspecified atom stereocenters. The van der Waals surface area contributed by atoms with Crippen molar-refractivity contribution in [1.82, 2.24) is 0 Å². The Balaban J connectivity index is 1.90. The van der Waals surface area contributed by atoms with Crippen molar-refractivity contribution >= 4 is 8.80 Å². The van der Waals surface area contributed by atoms with E-state index < -0.39 is 0 Å². The lowest BCUT2D eigenvalue weighted by Gasteiger charge is -2.42. The lowest BCUT2D eigenvalue weighted by molar-refractivity contribution is 0.194. The van der Waals surface area contributed by atoms with Crippen molar-refractivity contribution in [1.29, 1.82) is 0 Å². The van der Waals surface area contributed by atoms with E-state index in [0.29, 0.717) is 0 Å². The van der Waals surface area contributed by atoms with Crippen LogP contribution in [0.15, 0.2) is 0 Å². The molecule has 10 heavy (non-hydrogen) atoms. The minimum Gasteiger partial charge on any atom is -0.0424 e. The molecule has 1 heteroatoms. The SMILES string of the molecule is C1C2CC3CC1C[Si+](C2)C3. The van der Waals surface area contributed by atoms with Gasteiger partial charge in [-0.1, -0.05) is 0 Å². The summed E-state index contributed by atoms with van der Waals surface area (Å²) in [6.45, 7) is 0. The molecule has 0 aromatic rings. The molecular formula is C9H15Si+. The summed E-state index contributed by atoms with van der Waals surface area (Å²) in [5, 5.41) is 0. The summed E-state index contributed by atoms with van der Waals surface area (Å²) in [6.07, 6.45) is 4.89. The topological polar surface area (TPSA) is 0 Å². The molecule has 4 bridgehead atoms. The molecule has 4 rings (SSSR count). The molecule has 4 fully saturated rings. The second-order valence-electron chi connectivity index (χ2n) is 4.67. The third-order valence-corrected chi connectivity index (χ3v) is 7.20. The summed E-state index contributed by atoms with van der Waals surface area (Å²) in [7, 11) is 0.252. The molecule has 54 valence electrons. The van der Waals surface area contributed by atoms with Gasteiger partial charge in [0, 0.05) is 0 Å². The van der Waals surface area contributed by atoms with Crippen molar-refractivity contribution in [3.05, 3.63) is 0 Å². The van der Waals surface area contributed by atoms with Crippen molar-refractivity contribution in [2.45, 2.75) is 37.4 Å². The van der Waals surface area contributed by atoms with Crippen LogP contribution in [0.2, 0.25) is 18.1 Å². The van der Waals surface area contributed by atoms with Crippen LogP contribution in [-0.4, -0.2) is 8.80 Å². The van der Waals surface area contributed by atoms with E-state index in [4.69, 9.17) is 0 Å². The first-order valence-corrected chi connectivity index (χ1v) is 6.86. The van der Waals surface area contributed by atoms with Gasteiger partial charge in [-0.2, -0.15) is 0 Å². The highest BCUT2D eigenvalue weighted by Gasteiger charge is 2.51.